The Hall–Kier alpha value is -2.39. The summed E-state index contributed by atoms with van der Waals surface area (Å²) in [5, 5.41) is 5.54. The fourth-order valence-electron chi connectivity index (χ4n) is 2.57. The number of aromatic nitrogens is 1. The summed E-state index contributed by atoms with van der Waals surface area (Å²) in [6.07, 6.45) is 0.872. The van der Waals surface area contributed by atoms with Gasteiger partial charge in [0.1, 0.15) is 5.69 Å². The first-order chi connectivity index (χ1) is 11.6. The number of nitrogens with one attached hydrogen (secondary N) is 1. The second-order valence-electron chi connectivity index (χ2n) is 5.84. The summed E-state index contributed by atoms with van der Waals surface area (Å²) in [5.41, 5.74) is 1.96. The maximum absolute atomic E-state index is 12.5. The highest BCUT2D eigenvalue weighted by Crippen LogP contribution is 2.32. The smallest absolute Gasteiger partial charge is 0.270 e. The van der Waals surface area contributed by atoms with Crippen LogP contribution in [-0.4, -0.2) is 16.9 Å². The molecule has 122 valence electrons. The van der Waals surface area contributed by atoms with Gasteiger partial charge < -0.3 is 5.32 Å². The third kappa shape index (κ3) is 3.26. The minimum atomic E-state index is -0.164. The molecular weight excluding hydrogens is 320 g/mol. The van der Waals surface area contributed by atoms with Crippen molar-refractivity contribution in [1.29, 1.82) is 0 Å². The third-order valence-corrected chi connectivity index (χ3v) is 4.42. The van der Waals surface area contributed by atoms with Crippen LogP contribution in [0.1, 0.15) is 30.8 Å². The Morgan fingerprint density at radius 1 is 1.17 bits per heavy atom. The van der Waals surface area contributed by atoms with Crippen LogP contribution in [-0.2, 0) is 0 Å². The normalized spacial score (nSPS) is 12.1. The highest BCUT2D eigenvalue weighted by Gasteiger charge is 2.15. The van der Waals surface area contributed by atoms with Gasteiger partial charge in [-0.1, -0.05) is 61.0 Å². The predicted molar refractivity (Wildman–Crippen MR) is 99.4 cm³/mol. The van der Waals surface area contributed by atoms with E-state index in [1.54, 1.807) is 0 Å². The highest BCUT2D eigenvalue weighted by molar-refractivity contribution is 6.33. The van der Waals surface area contributed by atoms with Gasteiger partial charge in [0.15, 0.2) is 0 Å². The van der Waals surface area contributed by atoms with Crippen LogP contribution in [0.5, 0.6) is 0 Å². The van der Waals surface area contributed by atoms with E-state index in [1.165, 1.54) is 0 Å². The van der Waals surface area contributed by atoms with Gasteiger partial charge in [-0.25, -0.2) is 4.98 Å². The molecule has 0 radical (unpaired) electrons. The van der Waals surface area contributed by atoms with Crippen molar-refractivity contribution in [3.63, 3.8) is 0 Å². The zero-order valence-electron chi connectivity index (χ0n) is 13.7. The van der Waals surface area contributed by atoms with Gasteiger partial charge in [-0.3, -0.25) is 4.79 Å². The first-order valence-corrected chi connectivity index (χ1v) is 8.43. The van der Waals surface area contributed by atoms with Gasteiger partial charge in [0, 0.05) is 22.0 Å². The molecule has 1 aromatic heterocycles. The lowest BCUT2D eigenvalue weighted by molar-refractivity contribution is 0.0934. The summed E-state index contributed by atoms with van der Waals surface area (Å²) < 4.78 is 0. The molecule has 1 N–H and O–H groups in total. The molecule has 0 aliphatic rings. The number of amides is 1. The molecule has 24 heavy (non-hydrogen) atoms. The zero-order valence-corrected chi connectivity index (χ0v) is 14.5. The van der Waals surface area contributed by atoms with Crippen molar-refractivity contribution in [2.75, 3.05) is 0 Å². The predicted octanol–water partition coefficient (Wildman–Crippen LogP) is 5.08. The van der Waals surface area contributed by atoms with E-state index >= 15 is 0 Å². The lowest BCUT2D eigenvalue weighted by Gasteiger charge is -2.13. The molecule has 0 bridgehead atoms. The number of rotatable bonds is 4. The zero-order chi connectivity index (χ0) is 17.1. The monoisotopic (exact) mass is 338 g/mol. The Balaban J connectivity index is 2.17. The summed E-state index contributed by atoms with van der Waals surface area (Å²) in [5.74, 6) is -0.164. The van der Waals surface area contributed by atoms with Crippen molar-refractivity contribution >= 4 is 28.3 Å². The summed E-state index contributed by atoms with van der Waals surface area (Å²) in [7, 11) is 0. The molecule has 1 heterocycles. The Labute approximate surface area is 146 Å². The first kappa shape index (κ1) is 16.5. The Morgan fingerprint density at radius 2 is 1.88 bits per heavy atom. The molecule has 3 nitrogen and oxygen atoms in total. The van der Waals surface area contributed by atoms with Crippen LogP contribution >= 0.6 is 11.6 Å². The molecule has 3 rings (SSSR count). The lowest BCUT2D eigenvalue weighted by atomic mass is 10.0. The lowest BCUT2D eigenvalue weighted by Crippen LogP contribution is -2.32. The molecule has 0 fully saturated rings. The average Bonchev–Trinajstić information content (AvgIpc) is 2.61. The number of hydrogen-bond acceptors (Lipinski definition) is 2. The van der Waals surface area contributed by atoms with Crippen LogP contribution in [0.2, 0.25) is 5.02 Å². The summed E-state index contributed by atoms with van der Waals surface area (Å²) >= 11 is 6.36. The van der Waals surface area contributed by atoms with E-state index in [0.717, 1.165) is 28.5 Å². The van der Waals surface area contributed by atoms with E-state index in [0.29, 0.717) is 10.7 Å². The molecule has 0 saturated heterocycles. The van der Waals surface area contributed by atoms with Gasteiger partial charge in [0.25, 0.3) is 5.91 Å². The largest absolute Gasteiger partial charge is 0.348 e. The number of fused-ring (bicyclic) bond motifs is 1. The molecule has 3 aromatic rings. The number of benzene rings is 2. The van der Waals surface area contributed by atoms with Crippen LogP contribution in [0.15, 0.2) is 54.6 Å². The summed E-state index contributed by atoms with van der Waals surface area (Å²) in [6.45, 7) is 4.02. The van der Waals surface area contributed by atoms with E-state index in [-0.39, 0.29) is 11.9 Å². The number of halogens is 1. The number of hydrogen-bond donors (Lipinski definition) is 1. The molecule has 0 unspecified atom stereocenters. The second-order valence-corrected chi connectivity index (χ2v) is 6.25. The summed E-state index contributed by atoms with van der Waals surface area (Å²) in [4.78, 5) is 17.1. The fourth-order valence-corrected chi connectivity index (χ4v) is 2.80. The maximum Gasteiger partial charge on any atom is 0.270 e. The van der Waals surface area contributed by atoms with E-state index in [4.69, 9.17) is 11.6 Å². The van der Waals surface area contributed by atoms with Crippen LogP contribution in [0.4, 0.5) is 0 Å². The van der Waals surface area contributed by atoms with Gasteiger partial charge in [0.05, 0.1) is 5.69 Å². The molecule has 4 heteroatoms. The third-order valence-electron chi connectivity index (χ3n) is 4.09. The average molecular weight is 339 g/mol. The van der Waals surface area contributed by atoms with Crippen molar-refractivity contribution < 1.29 is 4.79 Å². The Kier molecular flexibility index (Phi) is 4.81. The van der Waals surface area contributed by atoms with Crippen molar-refractivity contribution in [2.24, 2.45) is 0 Å². The molecule has 1 amide bonds. The number of pyridine rings is 1. The molecule has 1 atom stereocenters. The van der Waals surface area contributed by atoms with Gasteiger partial charge in [-0.05, 0) is 30.9 Å². The van der Waals surface area contributed by atoms with E-state index in [2.05, 4.69) is 10.3 Å². The van der Waals surface area contributed by atoms with Crippen LogP contribution in [0.25, 0.3) is 22.0 Å². The van der Waals surface area contributed by atoms with Crippen LogP contribution in [0, 0.1) is 0 Å². The number of carbonyl (C=O) groups excluding carboxylic acids is 1. The fraction of sp³-hybridized carbons (Fsp3) is 0.200. The van der Waals surface area contributed by atoms with Gasteiger partial charge >= 0.3 is 0 Å². The molecule has 0 aliphatic carbocycles. The first-order valence-electron chi connectivity index (χ1n) is 8.05. The number of carbonyl (C=O) groups is 1. The van der Waals surface area contributed by atoms with Crippen molar-refractivity contribution in [3.05, 3.63) is 65.3 Å². The van der Waals surface area contributed by atoms with Crippen LogP contribution in [0.3, 0.4) is 0 Å². The minimum Gasteiger partial charge on any atom is -0.348 e. The van der Waals surface area contributed by atoms with E-state index < -0.39 is 0 Å². The highest BCUT2D eigenvalue weighted by atomic mass is 35.5. The topological polar surface area (TPSA) is 42.0 Å². The Morgan fingerprint density at radius 3 is 2.62 bits per heavy atom. The van der Waals surface area contributed by atoms with E-state index in [1.807, 2.05) is 68.4 Å². The van der Waals surface area contributed by atoms with Gasteiger partial charge in [0.2, 0.25) is 0 Å². The van der Waals surface area contributed by atoms with Gasteiger partial charge in [-0.15, -0.1) is 0 Å². The molecule has 0 saturated carbocycles. The van der Waals surface area contributed by atoms with Crippen LogP contribution < -0.4 is 5.32 Å². The molecule has 0 aliphatic heterocycles. The standard InChI is InChI=1S/C20H19ClN2O/c1-3-13(2)22-20(24)18-12-14-8-4-5-9-15(14)19(23-18)16-10-6-7-11-17(16)21/h4-13H,3H2,1-2H3,(H,22,24)/t13-/m1/s1. The minimum absolute atomic E-state index is 0.106. The second kappa shape index (κ2) is 7.02. The SMILES string of the molecule is CC[C@@H](C)NC(=O)c1cc2ccccc2c(-c2ccccc2Cl)n1. The van der Waals surface area contributed by atoms with Crippen molar-refractivity contribution in [2.45, 2.75) is 26.3 Å². The molecule has 0 spiro atoms. The van der Waals surface area contributed by atoms with E-state index in [9.17, 15) is 4.79 Å². The molecule has 2 aromatic carbocycles. The Bertz CT molecular complexity index is 892. The van der Waals surface area contributed by atoms with Gasteiger partial charge in [-0.2, -0.15) is 0 Å². The number of nitrogens with zero attached hydrogens (tertiary/aromatic N) is 1. The maximum atomic E-state index is 12.5. The van der Waals surface area contributed by atoms with Crippen molar-refractivity contribution in [3.8, 4) is 11.3 Å². The molecular formula is C20H19ClN2O. The quantitative estimate of drug-likeness (QED) is 0.720. The summed E-state index contributed by atoms with van der Waals surface area (Å²) in [6, 6.07) is 17.4. The van der Waals surface area contributed by atoms with Crippen molar-refractivity contribution in [1.82, 2.24) is 10.3 Å².